The Labute approximate surface area is 185 Å². The van der Waals surface area contributed by atoms with E-state index < -0.39 is 36.9 Å². The molecule has 1 aliphatic heterocycles. The first-order chi connectivity index (χ1) is 13.7. The van der Waals surface area contributed by atoms with Crippen molar-refractivity contribution in [2.45, 2.75) is 36.3 Å². The van der Waals surface area contributed by atoms with Gasteiger partial charge in [-0.2, -0.15) is 0 Å². The summed E-state index contributed by atoms with van der Waals surface area (Å²) in [5, 5.41) is 2.68. The second kappa shape index (κ2) is 8.95. The van der Waals surface area contributed by atoms with Crippen LogP contribution in [0.5, 0.6) is 0 Å². The summed E-state index contributed by atoms with van der Waals surface area (Å²) in [6.07, 6.45) is 1.07. The number of alkyl halides is 2. The normalized spacial score (nSPS) is 26.3. The number of amides is 3. The minimum Gasteiger partial charge on any atom is -0.454 e. The topological polar surface area (TPSA) is 92.8 Å². The van der Waals surface area contributed by atoms with E-state index in [1.165, 1.54) is 0 Å². The summed E-state index contributed by atoms with van der Waals surface area (Å²) in [5.74, 6) is -2.79. The van der Waals surface area contributed by atoms with Crippen LogP contribution in [-0.2, 0) is 23.9 Å². The number of carbonyl (C=O) groups excluding carboxylic acids is 4. The number of esters is 1. The van der Waals surface area contributed by atoms with Gasteiger partial charge in [0, 0.05) is 15.3 Å². The van der Waals surface area contributed by atoms with Crippen molar-refractivity contribution in [3.05, 3.63) is 29.3 Å². The van der Waals surface area contributed by atoms with Crippen molar-refractivity contribution in [3.63, 3.8) is 0 Å². The number of nitrogens with one attached hydrogen (secondary N) is 1. The Bertz CT molecular complexity index is 831. The predicted molar refractivity (Wildman–Crippen MR) is 114 cm³/mol. The number of anilines is 1. The Morgan fingerprint density at radius 3 is 2.24 bits per heavy atom. The van der Waals surface area contributed by atoms with Gasteiger partial charge in [-0.3, -0.25) is 24.1 Å². The van der Waals surface area contributed by atoms with Gasteiger partial charge < -0.3 is 10.1 Å². The van der Waals surface area contributed by atoms with Crippen LogP contribution in [0, 0.1) is 25.7 Å². The van der Waals surface area contributed by atoms with Gasteiger partial charge in [0.05, 0.1) is 11.8 Å². The highest BCUT2D eigenvalue weighted by atomic mass is 79.9. The molecule has 1 aromatic rings. The Morgan fingerprint density at radius 1 is 1.10 bits per heavy atom. The largest absolute Gasteiger partial charge is 0.454 e. The van der Waals surface area contributed by atoms with Crippen LogP contribution < -0.4 is 5.32 Å². The number of halogens is 2. The molecule has 0 radical (unpaired) electrons. The van der Waals surface area contributed by atoms with E-state index in [2.05, 4.69) is 37.2 Å². The Morgan fingerprint density at radius 2 is 1.69 bits per heavy atom. The molecule has 0 spiro atoms. The van der Waals surface area contributed by atoms with Crippen molar-refractivity contribution in [3.8, 4) is 0 Å². The standard InChI is InChI=1S/C20H22Br2N2O5/c1-10-3-4-16(11(2)5-10)23-17(25)9-29-18(26)8-24-19(27)12-6-14(21)15(22)7-13(12)20(24)28/h3-5,12-15H,6-9H2,1-2H3,(H,23,25)/t12-,13-,14-,15+/m1/s1. The lowest BCUT2D eigenvalue weighted by Gasteiger charge is -2.29. The molecule has 0 aromatic heterocycles. The van der Waals surface area contributed by atoms with E-state index in [1.807, 2.05) is 26.0 Å². The number of benzene rings is 1. The number of hydrogen-bond acceptors (Lipinski definition) is 5. The molecule has 156 valence electrons. The van der Waals surface area contributed by atoms with E-state index in [9.17, 15) is 19.2 Å². The number of fused-ring (bicyclic) bond motifs is 1. The zero-order valence-corrected chi connectivity index (χ0v) is 19.3. The average molecular weight is 530 g/mol. The Hall–Kier alpha value is -1.74. The van der Waals surface area contributed by atoms with Crippen molar-refractivity contribution < 1.29 is 23.9 Å². The summed E-state index contributed by atoms with van der Waals surface area (Å²) in [6, 6.07) is 5.58. The molecular formula is C20H22Br2N2O5. The third kappa shape index (κ3) is 4.88. The first-order valence-electron chi connectivity index (χ1n) is 9.33. The van der Waals surface area contributed by atoms with Gasteiger partial charge in [0.1, 0.15) is 6.54 Å². The zero-order valence-electron chi connectivity index (χ0n) is 16.1. The van der Waals surface area contributed by atoms with Crippen LogP contribution in [0.2, 0.25) is 0 Å². The molecule has 3 amide bonds. The molecule has 1 heterocycles. The van der Waals surface area contributed by atoms with Crippen molar-refractivity contribution in [1.82, 2.24) is 4.90 Å². The average Bonchev–Trinajstić information content (AvgIpc) is 2.87. The van der Waals surface area contributed by atoms with Gasteiger partial charge in [-0.1, -0.05) is 49.6 Å². The number of carbonyl (C=O) groups is 4. The molecule has 2 aliphatic rings. The fraction of sp³-hybridized carbons (Fsp3) is 0.500. The van der Waals surface area contributed by atoms with Gasteiger partial charge in [0.25, 0.3) is 5.91 Å². The van der Waals surface area contributed by atoms with E-state index in [-0.39, 0.29) is 21.5 Å². The first-order valence-corrected chi connectivity index (χ1v) is 11.2. The van der Waals surface area contributed by atoms with Crippen molar-refractivity contribution in [2.75, 3.05) is 18.5 Å². The van der Waals surface area contributed by atoms with E-state index in [0.29, 0.717) is 18.5 Å². The second-order valence-electron chi connectivity index (χ2n) is 7.51. The summed E-state index contributed by atoms with van der Waals surface area (Å²) in [7, 11) is 0. The monoisotopic (exact) mass is 528 g/mol. The maximum Gasteiger partial charge on any atom is 0.326 e. The van der Waals surface area contributed by atoms with Crippen LogP contribution in [-0.4, -0.2) is 51.4 Å². The minimum atomic E-state index is -0.785. The molecule has 3 rings (SSSR count). The fourth-order valence-corrected chi connectivity index (χ4v) is 5.02. The number of imide groups is 1. The van der Waals surface area contributed by atoms with E-state index in [0.717, 1.165) is 16.0 Å². The maximum atomic E-state index is 12.6. The van der Waals surface area contributed by atoms with Crippen LogP contribution in [0.1, 0.15) is 24.0 Å². The van der Waals surface area contributed by atoms with E-state index in [4.69, 9.17) is 4.74 Å². The van der Waals surface area contributed by atoms with Gasteiger partial charge in [-0.15, -0.1) is 0 Å². The number of nitrogens with zero attached hydrogens (tertiary/aromatic N) is 1. The van der Waals surface area contributed by atoms with Crippen LogP contribution in [0.4, 0.5) is 5.69 Å². The SMILES string of the molecule is Cc1ccc(NC(=O)COC(=O)CN2C(=O)[C@@H]3C[C@@H](Br)[C@@H](Br)C[C@H]3C2=O)c(C)c1. The highest BCUT2D eigenvalue weighted by Crippen LogP contribution is 2.43. The molecule has 0 unspecified atom stereocenters. The van der Waals surface area contributed by atoms with Gasteiger partial charge in [0.2, 0.25) is 11.8 Å². The quantitative estimate of drug-likeness (QED) is 0.359. The third-order valence-electron chi connectivity index (χ3n) is 5.31. The molecule has 7 nitrogen and oxygen atoms in total. The molecular weight excluding hydrogens is 508 g/mol. The first kappa shape index (κ1) is 22.0. The van der Waals surface area contributed by atoms with Gasteiger partial charge in [-0.25, -0.2) is 0 Å². The molecule has 29 heavy (non-hydrogen) atoms. The van der Waals surface area contributed by atoms with Crippen molar-refractivity contribution >= 4 is 61.2 Å². The third-order valence-corrected chi connectivity index (χ3v) is 8.04. The molecule has 0 bridgehead atoms. The van der Waals surface area contributed by atoms with E-state index >= 15 is 0 Å². The number of aryl methyl sites for hydroxylation is 2. The second-order valence-corrected chi connectivity index (χ2v) is 9.86. The molecule has 1 aromatic carbocycles. The Balaban J connectivity index is 1.52. The number of ether oxygens (including phenoxy) is 1. The number of hydrogen-bond donors (Lipinski definition) is 1. The predicted octanol–water partition coefficient (Wildman–Crippen LogP) is 2.71. The summed E-state index contributed by atoms with van der Waals surface area (Å²) in [5.41, 5.74) is 2.61. The number of likely N-dealkylation sites (tertiary alicyclic amines) is 1. The van der Waals surface area contributed by atoms with Gasteiger partial charge >= 0.3 is 5.97 Å². The highest BCUT2D eigenvalue weighted by Gasteiger charge is 2.52. The summed E-state index contributed by atoms with van der Waals surface area (Å²) >= 11 is 7.04. The smallest absolute Gasteiger partial charge is 0.326 e. The summed E-state index contributed by atoms with van der Waals surface area (Å²) < 4.78 is 4.98. The van der Waals surface area contributed by atoms with Gasteiger partial charge in [0.15, 0.2) is 6.61 Å². The van der Waals surface area contributed by atoms with Crippen LogP contribution in [0.15, 0.2) is 18.2 Å². The van der Waals surface area contributed by atoms with Crippen molar-refractivity contribution in [2.24, 2.45) is 11.8 Å². The summed E-state index contributed by atoms with van der Waals surface area (Å²) in [4.78, 5) is 50.5. The highest BCUT2D eigenvalue weighted by molar-refractivity contribution is 9.12. The fourth-order valence-electron chi connectivity index (χ4n) is 3.78. The van der Waals surface area contributed by atoms with Crippen LogP contribution in [0.3, 0.4) is 0 Å². The van der Waals surface area contributed by atoms with E-state index in [1.54, 1.807) is 6.07 Å². The zero-order chi connectivity index (χ0) is 21.3. The minimum absolute atomic E-state index is 0.0985. The molecule has 1 aliphatic carbocycles. The lowest BCUT2D eigenvalue weighted by molar-refractivity contribution is -0.154. The lowest BCUT2D eigenvalue weighted by atomic mass is 9.81. The van der Waals surface area contributed by atoms with Crippen LogP contribution in [0.25, 0.3) is 0 Å². The molecule has 1 N–H and O–H groups in total. The molecule has 1 saturated heterocycles. The molecule has 2 fully saturated rings. The van der Waals surface area contributed by atoms with Crippen molar-refractivity contribution in [1.29, 1.82) is 0 Å². The number of rotatable bonds is 5. The van der Waals surface area contributed by atoms with Gasteiger partial charge in [-0.05, 0) is 38.3 Å². The lowest BCUT2D eigenvalue weighted by Crippen LogP contribution is -2.37. The molecule has 9 heteroatoms. The maximum absolute atomic E-state index is 12.6. The molecule has 1 saturated carbocycles. The Kier molecular flexibility index (Phi) is 6.78. The molecule has 4 atom stereocenters. The summed E-state index contributed by atoms with van der Waals surface area (Å²) in [6.45, 7) is 2.87. The van der Waals surface area contributed by atoms with Crippen LogP contribution >= 0.6 is 31.9 Å².